The molecule has 0 unspecified atom stereocenters. The van der Waals surface area contributed by atoms with Gasteiger partial charge >= 0.3 is 0 Å². The Labute approximate surface area is 168 Å². The molecule has 4 heterocycles. The van der Waals surface area contributed by atoms with Crippen LogP contribution in [-0.4, -0.2) is 34.6 Å². The van der Waals surface area contributed by atoms with E-state index >= 15 is 0 Å². The highest BCUT2D eigenvalue weighted by atomic mass is 32.2. The number of halogens is 1. The van der Waals surface area contributed by atoms with Crippen LogP contribution in [0.5, 0.6) is 0 Å². The van der Waals surface area contributed by atoms with E-state index in [-0.39, 0.29) is 5.82 Å². The van der Waals surface area contributed by atoms with Crippen LogP contribution < -0.4 is 0 Å². The highest BCUT2D eigenvalue weighted by molar-refractivity contribution is 7.99. The van der Waals surface area contributed by atoms with E-state index in [1.807, 2.05) is 30.7 Å². The molecular formula is C19H14FN7OS. The van der Waals surface area contributed by atoms with Gasteiger partial charge in [0, 0.05) is 7.05 Å². The Kier molecular flexibility index (Phi) is 4.13. The van der Waals surface area contributed by atoms with E-state index in [2.05, 4.69) is 25.5 Å². The van der Waals surface area contributed by atoms with Gasteiger partial charge in [0.15, 0.2) is 22.5 Å². The Morgan fingerprint density at radius 1 is 0.931 bits per heavy atom. The third-order valence-electron chi connectivity index (χ3n) is 4.48. The number of nitrogens with zero attached hydrogens (tertiary/aromatic N) is 7. The SMILES string of the molecule is Cc1occc1-c1nnc(Sc2ccc3nnc(-c4ccccc4F)n3n2)n1C. The molecule has 0 saturated carbocycles. The molecule has 5 rings (SSSR count). The normalized spacial score (nSPS) is 11.4. The van der Waals surface area contributed by atoms with Crippen LogP contribution in [0.25, 0.3) is 28.4 Å². The first-order valence-electron chi connectivity index (χ1n) is 8.71. The first kappa shape index (κ1) is 17.6. The molecule has 144 valence electrons. The molecule has 0 fully saturated rings. The molecule has 0 amide bonds. The number of aryl methyl sites for hydroxylation is 1. The van der Waals surface area contributed by atoms with E-state index in [1.165, 1.54) is 22.3 Å². The van der Waals surface area contributed by atoms with Crippen LogP contribution in [0.15, 0.2) is 63.3 Å². The molecule has 1 aromatic carbocycles. The first-order chi connectivity index (χ1) is 14.1. The zero-order chi connectivity index (χ0) is 20.0. The average molecular weight is 407 g/mol. The fourth-order valence-corrected chi connectivity index (χ4v) is 3.74. The topological polar surface area (TPSA) is 86.9 Å². The molecule has 0 saturated heterocycles. The van der Waals surface area contributed by atoms with Gasteiger partial charge in [-0.25, -0.2) is 4.39 Å². The van der Waals surface area contributed by atoms with Crippen molar-refractivity contribution in [3.05, 3.63) is 60.3 Å². The van der Waals surface area contributed by atoms with Gasteiger partial charge in [-0.1, -0.05) is 12.1 Å². The summed E-state index contributed by atoms with van der Waals surface area (Å²) in [4.78, 5) is 0. The molecule has 0 bridgehead atoms. The monoisotopic (exact) mass is 407 g/mol. The van der Waals surface area contributed by atoms with Crippen LogP contribution in [0.3, 0.4) is 0 Å². The molecule has 0 aliphatic rings. The van der Waals surface area contributed by atoms with Crippen molar-refractivity contribution in [2.24, 2.45) is 7.05 Å². The molecule has 8 nitrogen and oxygen atoms in total. The van der Waals surface area contributed by atoms with Crippen molar-refractivity contribution in [3.63, 3.8) is 0 Å². The maximum Gasteiger partial charge on any atom is 0.197 e. The Morgan fingerprint density at radius 2 is 1.76 bits per heavy atom. The Hall–Kier alpha value is -3.53. The summed E-state index contributed by atoms with van der Waals surface area (Å²) >= 11 is 1.34. The van der Waals surface area contributed by atoms with E-state index in [0.717, 1.165) is 11.3 Å². The van der Waals surface area contributed by atoms with E-state index in [0.29, 0.717) is 33.0 Å². The minimum absolute atomic E-state index is 0.339. The number of rotatable bonds is 4. The second-order valence-corrected chi connectivity index (χ2v) is 7.29. The van der Waals surface area contributed by atoms with E-state index in [9.17, 15) is 4.39 Å². The van der Waals surface area contributed by atoms with Gasteiger partial charge in [0.25, 0.3) is 0 Å². The van der Waals surface area contributed by atoms with Crippen molar-refractivity contribution in [2.75, 3.05) is 0 Å². The van der Waals surface area contributed by atoms with Gasteiger partial charge in [0.05, 0.1) is 17.4 Å². The maximum atomic E-state index is 14.2. The van der Waals surface area contributed by atoms with Crippen molar-refractivity contribution < 1.29 is 8.81 Å². The Bertz CT molecular complexity index is 1340. The van der Waals surface area contributed by atoms with Crippen molar-refractivity contribution in [1.82, 2.24) is 34.6 Å². The van der Waals surface area contributed by atoms with E-state index in [4.69, 9.17) is 4.42 Å². The summed E-state index contributed by atoms with van der Waals surface area (Å²) < 4.78 is 23.0. The summed E-state index contributed by atoms with van der Waals surface area (Å²) in [6.07, 6.45) is 1.62. The van der Waals surface area contributed by atoms with Gasteiger partial charge in [0.1, 0.15) is 16.6 Å². The number of hydrogen-bond acceptors (Lipinski definition) is 7. The summed E-state index contributed by atoms with van der Waals surface area (Å²) in [6, 6.07) is 11.9. The maximum absolute atomic E-state index is 14.2. The van der Waals surface area contributed by atoms with Crippen LogP contribution in [0.1, 0.15) is 5.76 Å². The number of hydrogen-bond donors (Lipinski definition) is 0. The van der Waals surface area contributed by atoms with Gasteiger partial charge in [-0.3, -0.25) is 0 Å². The highest BCUT2D eigenvalue weighted by Gasteiger charge is 2.17. The zero-order valence-corrected chi connectivity index (χ0v) is 16.3. The zero-order valence-electron chi connectivity index (χ0n) is 15.4. The van der Waals surface area contributed by atoms with Crippen molar-refractivity contribution in [1.29, 1.82) is 0 Å². The summed E-state index contributed by atoms with van der Waals surface area (Å²) in [7, 11) is 1.88. The average Bonchev–Trinajstić information content (AvgIpc) is 3.42. The minimum atomic E-state index is -0.380. The largest absolute Gasteiger partial charge is 0.469 e. The molecule has 0 N–H and O–H groups in total. The molecule has 4 aromatic heterocycles. The third kappa shape index (κ3) is 2.97. The van der Waals surface area contributed by atoms with Gasteiger partial charge < -0.3 is 8.98 Å². The van der Waals surface area contributed by atoms with E-state index in [1.54, 1.807) is 30.5 Å². The van der Waals surface area contributed by atoms with Crippen LogP contribution >= 0.6 is 11.8 Å². The van der Waals surface area contributed by atoms with E-state index < -0.39 is 0 Å². The lowest BCUT2D eigenvalue weighted by molar-refractivity contribution is 0.534. The van der Waals surface area contributed by atoms with Gasteiger partial charge in [0.2, 0.25) is 0 Å². The quantitative estimate of drug-likeness (QED) is 0.448. The fourth-order valence-electron chi connectivity index (χ4n) is 2.99. The number of fused-ring (bicyclic) bond motifs is 1. The van der Waals surface area contributed by atoms with Crippen LogP contribution in [0, 0.1) is 12.7 Å². The lowest BCUT2D eigenvalue weighted by Crippen LogP contribution is -1.99. The summed E-state index contributed by atoms with van der Waals surface area (Å²) in [5, 5.41) is 22.6. The molecule has 0 atom stereocenters. The van der Waals surface area contributed by atoms with Crippen LogP contribution in [-0.2, 0) is 7.05 Å². The Balaban J connectivity index is 1.52. The molecule has 0 aliphatic carbocycles. The standard InChI is InChI=1S/C19H14FN7OS/c1-11-12(9-10-28-11)17-22-24-19(26(17)2)29-16-8-7-15-21-23-18(27(15)25-16)13-5-3-4-6-14(13)20/h3-10H,1-2H3. The molecule has 10 heteroatoms. The van der Waals surface area contributed by atoms with Crippen molar-refractivity contribution in [2.45, 2.75) is 17.1 Å². The predicted octanol–water partition coefficient (Wildman–Crippen LogP) is 3.78. The summed E-state index contributed by atoms with van der Waals surface area (Å²) in [5.41, 5.74) is 1.75. The number of benzene rings is 1. The second-order valence-electron chi connectivity index (χ2n) is 6.30. The fraction of sp³-hybridized carbons (Fsp3) is 0.105. The third-order valence-corrected chi connectivity index (χ3v) is 5.45. The molecule has 0 aliphatic heterocycles. The first-order valence-corrected chi connectivity index (χ1v) is 9.52. The van der Waals surface area contributed by atoms with Crippen LogP contribution in [0.4, 0.5) is 4.39 Å². The van der Waals surface area contributed by atoms with Gasteiger partial charge in [-0.15, -0.1) is 20.4 Å². The minimum Gasteiger partial charge on any atom is -0.469 e. The lowest BCUT2D eigenvalue weighted by Gasteiger charge is -2.04. The molecule has 5 aromatic rings. The van der Waals surface area contributed by atoms with Crippen molar-refractivity contribution in [3.8, 4) is 22.8 Å². The highest BCUT2D eigenvalue weighted by Crippen LogP contribution is 2.30. The molecular weight excluding hydrogens is 393 g/mol. The second kappa shape index (κ2) is 6.82. The number of aromatic nitrogens is 7. The lowest BCUT2D eigenvalue weighted by atomic mass is 10.2. The molecule has 0 spiro atoms. The van der Waals surface area contributed by atoms with Crippen LogP contribution in [0.2, 0.25) is 0 Å². The number of furan rings is 1. The predicted molar refractivity (Wildman–Crippen MR) is 104 cm³/mol. The summed E-state index contributed by atoms with van der Waals surface area (Å²) in [5.74, 6) is 1.44. The molecule has 29 heavy (non-hydrogen) atoms. The van der Waals surface area contributed by atoms with Crippen molar-refractivity contribution >= 4 is 17.4 Å². The summed E-state index contributed by atoms with van der Waals surface area (Å²) in [6.45, 7) is 1.88. The van der Waals surface area contributed by atoms with Gasteiger partial charge in [-0.2, -0.15) is 9.61 Å². The molecule has 0 radical (unpaired) electrons. The van der Waals surface area contributed by atoms with Gasteiger partial charge in [-0.05, 0) is 49.0 Å². The Morgan fingerprint density at radius 3 is 2.55 bits per heavy atom. The smallest absolute Gasteiger partial charge is 0.197 e.